The molecule has 0 unspecified atom stereocenters. The molecular weight excluding hydrogens is 189 g/mol. The fraction of sp³-hybridized carbons (Fsp3) is 0.333. The van der Waals surface area contributed by atoms with Crippen molar-refractivity contribution in [2.45, 2.75) is 6.42 Å². The zero-order valence-electron chi connectivity index (χ0n) is 7.70. The monoisotopic (exact) mass is 199 g/mol. The summed E-state index contributed by atoms with van der Waals surface area (Å²) in [7, 11) is 1.36. The molecular formula is C9H10FNO3. The molecule has 0 N–H and O–H groups in total. The first-order valence-corrected chi connectivity index (χ1v) is 4.07. The van der Waals surface area contributed by atoms with Crippen molar-refractivity contribution in [2.24, 2.45) is 0 Å². The third-order valence-corrected chi connectivity index (χ3v) is 1.80. The Bertz CT molecular complexity index is 341. The smallest absolute Gasteiger partial charge is 0.207 e. The fourth-order valence-electron chi connectivity index (χ4n) is 1.08. The van der Waals surface area contributed by atoms with Crippen molar-refractivity contribution < 1.29 is 14.1 Å². The van der Waals surface area contributed by atoms with E-state index in [0.717, 1.165) is 0 Å². The molecule has 4 nitrogen and oxygen atoms in total. The van der Waals surface area contributed by atoms with Gasteiger partial charge in [-0.15, -0.1) is 0 Å². The van der Waals surface area contributed by atoms with Crippen LogP contribution in [0.4, 0.5) is 4.39 Å². The molecule has 0 aliphatic rings. The van der Waals surface area contributed by atoms with Crippen LogP contribution in [0.2, 0.25) is 0 Å². The zero-order valence-corrected chi connectivity index (χ0v) is 7.70. The van der Waals surface area contributed by atoms with Gasteiger partial charge in [-0.3, -0.25) is 10.1 Å². The summed E-state index contributed by atoms with van der Waals surface area (Å²) in [5.74, 6) is -0.344. The summed E-state index contributed by atoms with van der Waals surface area (Å²) in [6.07, 6.45) is 0.281. The molecule has 0 bridgehead atoms. The van der Waals surface area contributed by atoms with Gasteiger partial charge in [-0.2, -0.15) is 0 Å². The number of nitro groups is 1. The van der Waals surface area contributed by atoms with E-state index in [0.29, 0.717) is 5.56 Å². The summed E-state index contributed by atoms with van der Waals surface area (Å²) in [6, 6.07) is 4.23. The minimum atomic E-state index is -0.461. The largest absolute Gasteiger partial charge is 0.494 e. The molecule has 1 rings (SSSR count). The third kappa shape index (κ3) is 2.69. The average Bonchev–Trinajstić information content (AvgIpc) is 2.16. The number of hydrogen-bond acceptors (Lipinski definition) is 3. The molecule has 1 aromatic rings. The first-order valence-electron chi connectivity index (χ1n) is 4.07. The van der Waals surface area contributed by atoms with Crippen LogP contribution >= 0.6 is 0 Å². The molecule has 5 heteroatoms. The summed E-state index contributed by atoms with van der Waals surface area (Å²) in [5, 5.41) is 10.1. The molecule has 0 fully saturated rings. The minimum absolute atomic E-state index is 0.117. The number of methoxy groups -OCH3 is 1. The highest BCUT2D eigenvalue weighted by Gasteiger charge is 2.05. The Morgan fingerprint density at radius 2 is 2.29 bits per heavy atom. The van der Waals surface area contributed by atoms with Crippen molar-refractivity contribution in [1.29, 1.82) is 0 Å². The van der Waals surface area contributed by atoms with Crippen molar-refractivity contribution >= 4 is 0 Å². The van der Waals surface area contributed by atoms with Gasteiger partial charge in [0.05, 0.1) is 7.11 Å². The Hall–Kier alpha value is -1.65. The first kappa shape index (κ1) is 10.4. The predicted octanol–water partition coefficient (Wildman–Crippen LogP) is 1.65. The van der Waals surface area contributed by atoms with Crippen molar-refractivity contribution in [2.75, 3.05) is 13.7 Å². The molecule has 76 valence electrons. The van der Waals surface area contributed by atoms with Crippen LogP contribution in [-0.4, -0.2) is 18.6 Å². The van der Waals surface area contributed by atoms with Crippen LogP contribution in [0, 0.1) is 15.9 Å². The number of halogens is 1. The van der Waals surface area contributed by atoms with Gasteiger partial charge in [0.15, 0.2) is 11.6 Å². The molecule has 0 radical (unpaired) electrons. The molecule has 0 aliphatic heterocycles. The van der Waals surface area contributed by atoms with E-state index >= 15 is 0 Å². The number of ether oxygens (including phenoxy) is 1. The topological polar surface area (TPSA) is 52.4 Å². The Labute approximate surface area is 80.5 Å². The van der Waals surface area contributed by atoms with E-state index in [1.165, 1.54) is 25.3 Å². The van der Waals surface area contributed by atoms with Crippen LogP contribution in [0.1, 0.15) is 5.56 Å². The Kier molecular flexibility index (Phi) is 3.39. The van der Waals surface area contributed by atoms with Crippen molar-refractivity contribution in [3.8, 4) is 5.75 Å². The Morgan fingerprint density at radius 3 is 2.86 bits per heavy atom. The van der Waals surface area contributed by atoms with Gasteiger partial charge in [0.2, 0.25) is 6.54 Å². The molecule has 0 atom stereocenters. The second-order valence-corrected chi connectivity index (χ2v) is 2.78. The zero-order chi connectivity index (χ0) is 10.6. The fourth-order valence-corrected chi connectivity index (χ4v) is 1.08. The van der Waals surface area contributed by atoms with Gasteiger partial charge in [-0.25, -0.2) is 4.39 Å². The van der Waals surface area contributed by atoms with Gasteiger partial charge >= 0.3 is 0 Å². The average molecular weight is 199 g/mol. The van der Waals surface area contributed by atoms with Crippen molar-refractivity contribution in [1.82, 2.24) is 0 Å². The highest BCUT2D eigenvalue weighted by atomic mass is 19.1. The maximum atomic E-state index is 12.9. The number of benzene rings is 1. The highest BCUT2D eigenvalue weighted by Crippen LogP contribution is 2.18. The minimum Gasteiger partial charge on any atom is -0.494 e. The lowest BCUT2D eigenvalue weighted by Crippen LogP contribution is -2.04. The van der Waals surface area contributed by atoms with E-state index < -0.39 is 10.7 Å². The number of nitrogens with zero attached hydrogens (tertiary/aromatic N) is 1. The lowest BCUT2D eigenvalue weighted by atomic mass is 10.1. The molecule has 0 heterocycles. The van der Waals surface area contributed by atoms with Crippen molar-refractivity contribution in [3.63, 3.8) is 0 Å². The summed E-state index contributed by atoms with van der Waals surface area (Å²) < 4.78 is 17.7. The van der Waals surface area contributed by atoms with E-state index in [1.54, 1.807) is 0 Å². The Balaban J connectivity index is 2.74. The van der Waals surface area contributed by atoms with Crippen LogP contribution < -0.4 is 4.74 Å². The summed E-state index contributed by atoms with van der Waals surface area (Å²) in [4.78, 5) is 9.69. The van der Waals surface area contributed by atoms with Crippen LogP contribution in [0.3, 0.4) is 0 Å². The van der Waals surface area contributed by atoms with E-state index in [2.05, 4.69) is 0 Å². The second-order valence-electron chi connectivity index (χ2n) is 2.78. The molecule has 0 aliphatic carbocycles. The van der Waals surface area contributed by atoms with Crippen LogP contribution in [0.15, 0.2) is 18.2 Å². The van der Waals surface area contributed by atoms with Gasteiger partial charge in [-0.1, -0.05) is 6.07 Å². The van der Waals surface area contributed by atoms with E-state index in [9.17, 15) is 14.5 Å². The van der Waals surface area contributed by atoms with Crippen molar-refractivity contribution in [3.05, 3.63) is 39.7 Å². The molecule has 0 saturated heterocycles. The summed E-state index contributed by atoms with van der Waals surface area (Å²) in [5.41, 5.74) is 0.694. The maximum Gasteiger partial charge on any atom is 0.207 e. The molecule has 0 saturated carbocycles. The van der Waals surface area contributed by atoms with Gasteiger partial charge < -0.3 is 4.74 Å². The third-order valence-electron chi connectivity index (χ3n) is 1.80. The molecule has 14 heavy (non-hydrogen) atoms. The summed E-state index contributed by atoms with van der Waals surface area (Å²) in [6.45, 7) is -0.158. The van der Waals surface area contributed by atoms with Gasteiger partial charge in [0.1, 0.15) is 0 Å². The highest BCUT2D eigenvalue weighted by molar-refractivity contribution is 5.30. The normalized spacial score (nSPS) is 9.86. The van der Waals surface area contributed by atoms with Gasteiger partial charge in [-0.05, 0) is 17.7 Å². The van der Waals surface area contributed by atoms with Gasteiger partial charge in [0, 0.05) is 11.3 Å². The summed E-state index contributed by atoms with van der Waals surface area (Å²) >= 11 is 0. The quantitative estimate of drug-likeness (QED) is 0.547. The van der Waals surface area contributed by atoms with E-state index in [4.69, 9.17) is 4.74 Å². The standard InChI is InChI=1S/C9H10FNO3/c1-14-9-6-7(2-3-8(9)10)4-5-11(12)13/h2-3,6H,4-5H2,1H3. The van der Waals surface area contributed by atoms with Crippen LogP contribution in [-0.2, 0) is 6.42 Å². The van der Waals surface area contributed by atoms with E-state index in [-0.39, 0.29) is 18.7 Å². The first-order chi connectivity index (χ1) is 6.63. The molecule has 0 aromatic heterocycles. The second kappa shape index (κ2) is 4.55. The lowest BCUT2D eigenvalue weighted by molar-refractivity contribution is -0.479. The number of hydrogen-bond donors (Lipinski definition) is 0. The van der Waals surface area contributed by atoms with Crippen LogP contribution in [0.25, 0.3) is 0 Å². The molecule has 1 aromatic carbocycles. The van der Waals surface area contributed by atoms with E-state index in [1.807, 2.05) is 0 Å². The molecule has 0 amide bonds. The predicted molar refractivity (Wildman–Crippen MR) is 48.5 cm³/mol. The van der Waals surface area contributed by atoms with Gasteiger partial charge in [0.25, 0.3) is 0 Å². The SMILES string of the molecule is COc1cc(CC[N+](=O)[O-])ccc1F. The maximum absolute atomic E-state index is 12.9. The Morgan fingerprint density at radius 1 is 1.57 bits per heavy atom. The number of rotatable bonds is 4. The lowest BCUT2D eigenvalue weighted by Gasteiger charge is -2.03. The molecule has 0 spiro atoms. The van der Waals surface area contributed by atoms with Crippen LogP contribution in [0.5, 0.6) is 5.75 Å².